The number of nitrogens with one attached hydrogen (secondary N) is 1. The topological polar surface area (TPSA) is 65.7 Å². The zero-order valence-corrected chi connectivity index (χ0v) is 12.5. The van der Waals surface area contributed by atoms with Crippen molar-refractivity contribution >= 4 is 5.91 Å². The zero-order valence-electron chi connectivity index (χ0n) is 12.5. The maximum atomic E-state index is 11.9. The summed E-state index contributed by atoms with van der Waals surface area (Å²) in [6, 6.07) is 4.01. The molecule has 1 aromatic rings. The van der Waals surface area contributed by atoms with Crippen molar-refractivity contribution in [2.45, 2.75) is 45.3 Å². The van der Waals surface area contributed by atoms with Gasteiger partial charge in [-0.3, -0.25) is 9.69 Å². The van der Waals surface area contributed by atoms with E-state index in [4.69, 9.17) is 4.42 Å². The minimum Gasteiger partial charge on any atom is -0.463 e. The van der Waals surface area contributed by atoms with Gasteiger partial charge in [-0.05, 0) is 52.3 Å². The van der Waals surface area contributed by atoms with Crippen molar-refractivity contribution in [1.82, 2.24) is 10.2 Å². The van der Waals surface area contributed by atoms with Crippen molar-refractivity contribution in [3.63, 3.8) is 0 Å². The minimum atomic E-state index is -1.18. The Morgan fingerprint density at radius 2 is 2.35 bits per heavy atom. The van der Waals surface area contributed by atoms with Gasteiger partial charge in [0.2, 0.25) is 5.91 Å². The van der Waals surface area contributed by atoms with Gasteiger partial charge in [-0.1, -0.05) is 0 Å². The van der Waals surface area contributed by atoms with Gasteiger partial charge in [-0.15, -0.1) is 0 Å². The van der Waals surface area contributed by atoms with Crippen LogP contribution in [0.2, 0.25) is 0 Å². The number of hydrogen-bond acceptors (Lipinski definition) is 4. The number of rotatable bonds is 5. The highest BCUT2D eigenvalue weighted by Crippen LogP contribution is 2.22. The smallest absolute Gasteiger partial charge is 0.234 e. The van der Waals surface area contributed by atoms with Crippen LogP contribution in [0.1, 0.15) is 38.2 Å². The van der Waals surface area contributed by atoms with E-state index in [0.29, 0.717) is 18.3 Å². The first kappa shape index (κ1) is 15.1. The summed E-state index contributed by atoms with van der Waals surface area (Å²) in [6.07, 6.45) is 2.30. The number of likely N-dealkylation sites (tertiary alicyclic amines) is 1. The van der Waals surface area contributed by atoms with Gasteiger partial charge in [0.1, 0.15) is 17.1 Å². The number of nitrogens with zero attached hydrogens (tertiary/aromatic N) is 1. The lowest BCUT2D eigenvalue weighted by Gasteiger charge is -2.24. The van der Waals surface area contributed by atoms with E-state index >= 15 is 0 Å². The Bertz CT molecular complexity index is 467. The lowest BCUT2D eigenvalue weighted by Crippen LogP contribution is -2.43. The Hall–Kier alpha value is -1.33. The molecule has 2 unspecified atom stereocenters. The van der Waals surface area contributed by atoms with Crippen molar-refractivity contribution in [2.24, 2.45) is 0 Å². The van der Waals surface area contributed by atoms with Crippen molar-refractivity contribution in [3.05, 3.63) is 23.7 Å². The fourth-order valence-electron chi connectivity index (χ4n) is 2.55. The van der Waals surface area contributed by atoms with Gasteiger partial charge in [0, 0.05) is 6.04 Å². The first-order chi connectivity index (χ1) is 9.38. The number of furan rings is 1. The van der Waals surface area contributed by atoms with Crippen LogP contribution in [0, 0.1) is 6.92 Å². The third-order valence-electron chi connectivity index (χ3n) is 3.94. The maximum absolute atomic E-state index is 11.9. The van der Waals surface area contributed by atoms with Crippen LogP contribution in [0.4, 0.5) is 0 Å². The second-order valence-electron chi connectivity index (χ2n) is 5.92. The van der Waals surface area contributed by atoms with Crippen LogP contribution in [0.25, 0.3) is 0 Å². The molecule has 2 atom stereocenters. The van der Waals surface area contributed by atoms with Crippen molar-refractivity contribution in [2.75, 3.05) is 19.6 Å². The van der Waals surface area contributed by atoms with Crippen LogP contribution >= 0.6 is 0 Å². The first-order valence-electron chi connectivity index (χ1n) is 7.18. The number of hydrogen-bond donors (Lipinski definition) is 2. The van der Waals surface area contributed by atoms with Gasteiger partial charge >= 0.3 is 0 Å². The van der Waals surface area contributed by atoms with Gasteiger partial charge in [0.05, 0.1) is 13.1 Å². The highest BCUT2D eigenvalue weighted by atomic mass is 16.4. The van der Waals surface area contributed by atoms with Crippen molar-refractivity contribution in [1.29, 1.82) is 0 Å². The van der Waals surface area contributed by atoms with Crippen LogP contribution in [-0.2, 0) is 10.4 Å². The second-order valence-corrected chi connectivity index (χ2v) is 5.92. The Labute approximate surface area is 119 Å². The summed E-state index contributed by atoms with van der Waals surface area (Å²) in [6.45, 7) is 7.14. The largest absolute Gasteiger partial charge is 0.463 e. The summed E-state index contributed by atoms with van der Waals surface area (Å²) in [5.41, 5.74) is -1.18. The van der Waals surface area contributed by atoms with Crippen molar-refractivity contribution in [3.8, 4) is 0 Å². The molecule has 2 N–H and O–H groups in total. The van der Waals surface area contributed by atoms with Gasteiger partial charge in [0.15, 0.2) is 0 Å². The number of amides is 1. The molecule has 5 heteroatoms. The fraction of sp³-hybridized carbons (Fsp3) is 0.667. The molecule has 1 aliphatic rings. The summed E-state index contributed by atoms with van der Waals surface area (Å²) < 4.78 is 5.42. The Morgan fingerprint density at radius 3 is 2.90 bits per heavy atom. The van der Waals surface area contributed by atoms with E-state index in [0.717, 1.165) is 25.1 Å². The molecule has 0 spiro atoms. The summed E-state index contributed by atoms with van der Waals surface area (Å²) in [4.78, 5) is 14.1. The van der Waals surface area contributed by atoms with E-state index in [1.165, 1.54) is 0 Å². The van der Waals surface area contributed by atoms with E-state index in [1.807, 2.05) is 6.92 Å². The fourth-order valence-corrected chi connectivity index (χ4v) is 2.55. The molecule has 0 aromatic carbocycles. The molecule has 1 fully saturated rings. The number of aryl methyl sites for hydroxylation is 1. The van der Waals surface area contributed by atoms with Gasteiger partial charge in [-0.25, -0.2) is 0 Å². The summed E-state index contributed by atoms with van der Waals surface area (Å²) in [7, 11) is 0. The summed E-state index contributed by atoms with van der Waals surface area (Å²) in [5, 5.41) is 13.1. The standard InChI is InChI=1S/C15H24N2O3/c1-11-5-4-8-17(11)9-14(18)16-10-15(3,19)13-7-6-12(2)20-13/h6-7,11,19H,4-5,8-10H2,1-3H3,(H,16,18). The highest BCUT2D eigenvalue weighted by molar-refractivity contribution is 5.78. The van der Waals surface area contributed by atoms with Crippen LogP contribution in [0.3, 0.4) is 0 Å². The third kappa shape index (κ3) is 3.61. The highest BCUT2D eigenvalue weighted by Gasteiger charge is 2.28. The number of carbonyl (C=O) groups is 1. The quantitative estimate of drug-likeness (QED) is 0.855. The van der Waals surface area contributed by atoms with Gasteiger partial charge < -0.3 is 14.8 Å². The predicted octanol–water partition coefficient (Wildman–Crippen LogP) is 1.40. The van der Waals surface area contributed by atoms with Crippen LogP contribution in [0.15, 0.2) is 16.5 Å². The molecule has 5 nitrogen and oxygen atoms in total. The summed E-state index contributed by atoms with van der Waals surface area (Å²) in [5.74, 6) is 1.17. The van der Waals surface area contributed by atoms with Gasteiger partial charge in [-0.2, -0.15) is 0 Å². The molecule has 112 valence electrons. The lowest BCUT2D eigenvalue weighted by molar-refractivity contribution is -0.123. The average molecular weight is 280 g/mol. The molecule has 1 amide bonds. The molecule has 1 aliphatic heterocycles. The normalized spacial score (nSPS) is 22.7. The Balaban J connectivity index is 1.83. The predicted molar refractivity (Wildman–Crippen MR) is 76.3 cm³/mol. The SMILES string of the molecule is Cc1ccc(C(C)(O)CNC(=O)CN2CCCC2C)o1. The van der Waals surface area contributed by atoms with Crippen molar-refractivity contribution < 1.29 is 14.3 Å². The Morgan fingerprint density at radius 1 is 1.60 bits per heavy atom. The molecule has 0 saturated carbocycles. The zero-order chi connectivity index (χ0) is 14.8. The van der Waals surface area contributed by atoms with Crippen LogP contribution in [-0.4, -0.2) is 41.6 Å². The van der Waals surface area contributed by atoms with Gasteiger partial charge in [0.25, 0.3) is 0 Å². The molecule has 1 aromatic heterocycles. The van der Waals surface area contributed by atoms with Crippen LogP contribution < -0.4 is 5.32 Å². The van der Waals surface area contributed by atoms with E-state index in [9.17, 15) is 9.90 Å². The van der Waals surface area contributed by atoms with E-state index in [2.05, 4.69) is 17.1 Å². The molecular formula is C15H24N2O3. The third-order valence-corrected chi connectivity index (χ3v) is 3.94. The molecular weight excluding hydrogens is 256 g/mol. The first-order valence-corrected chi connectivity index (χ1v) is 7.18. The van der Waals surface area contributed by atoms with E-state index in [-0.39, 0.29) is 12.5 Å². The monoisotopic (exact) mass is 280 g/mol. The van der Waals surface area contributed by atoms with E-state index in [1.54, 1.807) is 19.1 Å². The average Bonchev–Trinajstić information content (AvgIpc) is 2.97. The maximum Gasteiger partial charge on any atom is 0.234 e. The minimum absolute atomic E-state index is 0.0534. The summed E-state index contributed by atoms with van der Waals surface area (Å²) >= 11 is 0. The number of carbonyl (C=O) groups excluding carboxylic acids is 1. The Kier molecular flexibility index (Phi) is 4.50. The molecule has 20 heavy (non-hydrogen) atoms. The number of aliphatic hydroxyl groups is 1. The molecule has 1 saturated heterocycles. The molecule has 0 bridgehead atoms. The van der Waals surface area contributed by atoms with Crippen LogP contribution in [0.5, 0.6) is 0 Å². The molecule has 0 radical (unpaired) electrons. The lowest BCUT2D eigenvalue weighted by atomic mass is 10.0. The molecule has 2 rings (SSSR count). The molecule has 2 heterocycles. The second kappa shape index (κ2) is 5.97. The van der Waals surface area contributed by atoms with E-state index < -0.39 is 5.60 Å². The molecule has 0 aliphatic carbocycles.